The first-order chi connectivity index (χ1) is 12.8. The van der Waals surface area contributed by atoms with E-state index >= 15 is 0 Å². The molecule has 3 rings (SSSR count). The third-order valence-corrected chi connectivity index (χ3v) is 4.33. The Bertz CT molecular complexity index is 799. The summed E-state index contributed by atoms with van der Waals surface area (Å²) >= 11 is 5.97. The van der Waals surface area contributed by atoms with Crippen molar-refractivity contribution in [2.75, 3.05) is 20.1 Å². The maximum atomic E-state index is 5.97. The van der Waals surface area contributed by atoms with Gasteiger partial charge in [-0.25, -0.2) is 0 Å². The molecule has 0 aliphatic heterocycles. The van der Waals surface area contributed by atoms with Crippen LogP contribution in [0.3, 0.4) is 0 Å². The zero-order valence-corrected chi connectivity index (χ0v) is 15.7. The molecule has 0 unspecified atom stereocenters. The zero-order chi connectivity index (χ0) is 18.2. The number of nitrogens with one attached hydrogen (secondary N) is 2. The number of hydrogen-bond acceptors (Lipinski definition) is 4. The molecule has 0 fully saturated rings. The van der Waals surface area contributed by atoms with Gasteiger partial charge in [0.1, 0.15) is 11.4 Å². The van der Waals surface area contributed by atoms with Gasteiger partial charge in [0, 0.05) is 17.1 Å². The van der Waals surface area contributed by atoms with Gasteiger partial charge >= 0.3 is 0 Å². The number of halogens is 1. The average Bonchev–Trinajstić information content (AvgIpc) is 3.07. The van der Waals surface area contributed by atoms with Crippen LogP contribution in [0.15, 0.2) is 54.6 Å². The van der Waals surface area contributed by atoms with E-state index in [1.165, 1.54) is 0 Å². The summed E-state index contributed by atoms with van der Waals surface area (Å²) in [6, 6.07) is 18.0. The monoisotopic (exact) mass is 369 g/mol. The first-order valence-electron chi connectivity index (χ1n) is 8.85. The minimum Gasteiger partial charge on any atom is -0.320 e. The van der Waals surface area contributed by atoms with Crippen molar-refractivity contribution in [1.82, 2.24) is 25.6 Å². The van der Waals surface area contributed by atoms with Crippen LogP contribution in [0.1, 0.15) is 17.7 Å². The second kappa shape index (κ2) is 9.48. The summed E-state index contributed by atoms with van der Waals surface area (Å²) in [7, 11) is 1.97. The second-order valence-electron chi connectivity index (χ2n) is 6.15. The molecule has 0 aliphatic carbocycles. The molecular weight excluding hydrogens is 346 g/mol. The van der Waals surface area contributed by atoms with E-state index in [9.17, 15) is 0 Å². The van der Waals surface area contributed by atoms with Crippen LogP contribution in [0.4, 0.5) is 0 Å². The molecule has 2 aromatic carbocycles. The van der Waals surface area contributed by atoms with E-state index in [0.29, 0.717) is 13.1 Å². The lowest BCUT2D eigenvalue weighted by Crippen LogP contribution is -2.20. The van der Waals surface area contributed by atoms with E-state index < -0.39 is 0 Å². The lowest BCUT2D eigenvalue weighted by Gasteiger charge is -2.04. The molecule has 0 radical (unpaired) electrons. The molecule has 0 spiro atoms. The lowest BCUT2D eigenvalue weighted by molar-refractivity contribution is 0.571. The summed E-state index contributed by atoms with van der Waals surface area (Å²) < 4.78 is 0. The number of benzene rings is 2. The van der Waals surface area contributed by atoms with Crippen LogP contribution < -0.4 is 10.6 Å². The molecule has 0 saturated carbocycles. The zero-order valence-electron chi connectivity index (χ0n) is 15.0. The van der Waals surface area contributed by atoms with Crippen molar-refractivity contribution in [3.8, 4) is 11.3 Å². The van der Waals surface area contributed by atoms with E-state index in [2.05, 4.69) is 22.8 Å². The standard InChI is InChI=1S/C20H24ClN5/c1-22-12-5-13-23-14-19-20(17-6-3-2-4-7-17)25-26(24-19)15-16-8-10-18(21)11-9-16/h2-4,6-11,22-23H,5,12-15H2,1H3. The van der Waals surface area contributed by atoms with Gasteiger partial charge in [0.2, 0.25) is 0 Å². The van der Waals surface area contributed by atoms with Crippen LogP contribution in [0.5, 0.6) is 0 Å². The predicted molar refractivity (Wildman–Crippen MR) is 106 cm³/mol. The number of aromatic nitrogens is 3. The highest BCUT2D eigenvalue weighted by atomic mass is 35.5. The number of nitrogens with zero attached hydrogens (tertiary/aromatic N) is 3. The summed E-state index contributed by atoms with van der Waals surface area (Å²) in [6.07, 6.45) is 1.08. The molecule has 6 heteroatoms. The number of rotatable bonds is 9. The van der Waals surface area contributed by atoms with Crippen LogP contribution in [-0.4, -0.2) is 35.1 Å². The van der Waals surface area contributed by atoms with Gasteiger partial charge < -0.3 is 10.6 Å². The van der Waals surface area contributed by atoms with Gasteiger partial charge in [0.05, 0.1) is 6.54 Å². The third-order valence-electron chi connectivity index (χ3n) is 4.08. The van der Waals surface area contributed by atoms with Crippen LogP contribution in [-0.2, 0) is 13.1 Å². The van der Waals surface area contributed by atoms with Gasteiger partial charge in [-0.15, -0.1) is 0 Å². The first-order valence-corrected chi connectivity index (χ1v) is 9.23. The fourth-order valence-corrected chi connectivity index (χ4v) is 2.87. The van der Waals surface area contributed by atoms with Gasteiger partial charge in [-0.1, -0.05) is 54.1 Å². The SMILES string of the molecule is CNCCCNCc1nn(Cc2ccc(Cl)cc2)nc1-c1ccccc1. The van der Waals surface area contributed by atoms with Gasteiger partial charge in [-0.05, 0) is 44.3 Å². The van der Waals surface area contributed by atoms with E-state index in [4.69, 9.17) is 21.8 Å². The molecule has 0 bridgehead atoms. The highest BCUT2D eigenvalue weighted by Crippen LogP contribution is 2.20. The molecule has 2 N–H and O–H groups in total. The topological polar surface area (TPSA) is 54.8 Å². The van der Waals surface area contributed by atoms with Crippen molar-refractivity contribution >= 4 is 11.6 Å². The van der Waals surface area contributed by atoms with E-state index in [-0.39, 0.29) is 0 Å². The molecule has 0 atom stereocenters. The summed E-state index contributed by atoms with van der Waals surface area (Å²) in [5, 5.41) is 16.8. The van der Waals surface area contributed by atoms with Gasteiger partial charge in [0.25, 0.3) is 0 Å². The summed E-state index contributed by atoms with van der Waals surface area (Å²) in [5.41, 5.74) is 4.11. The Morgan fingerprint density at radius 3 is 2.46 bits per heavy atom. The van der Waals surface area contributed by atoms with Crippen molar-refractivity contribution in [3.05, 3.63) is 70.9 Å². The Morgan fingerprint density at radius 1 is 0.962 bits per heavy atom. The summed E-state index contributed by atoms with van der Waals surface area (Å²) in [6.45, 7) is 3.27. The third kappa shape index (κ3) is 5.14. The molecular formula is C20H24ClN5. The average molecular weight is 370 g/mol. The van der Waals surface area contributed by atoms with Gasteiger partial charge in [-0.3, -0.25) is 0 Å². The van der Waals surface area contributed by atoms with Crippen molar-refractivity contribution in [2.24, 2.45) is 0 Å². The predicted octanol–water partition coefficient (Wildman–Crippen LogP) is 3.35. The minimum atomic E-state index is 0.622. The van der Waals surface area contributed by atoms with Crippen LogP contribution in [0.2, 0.25) is 5.02 Å². The Balaban J connectivity index is 1.76. The maximum Gasteiger partial charge on any atom is 0.117 e. The van der Waals surface area contributed by atoms with Crippen molar-refractivity contribution in [1.29, 1.82) is 0 Å². The first kappa shape index (κ1) is 18.6. The van der Waals surface area contributed by atoms with E-state index in [1.54, 1.807) is 4.80 Å². The summed E-state index contributed by atoms with van der Waals surface area (Å²) in [4.78, 5) is 1.76. The van der Waals surface area contributed by atoms with E-state index in [0.717, 1.165) is 47.0 Å². The van der Waals surface area contributed by atoms with Crippen molar-refractivity contribution in [2.45, 2.75) is 19.5 Å². The quantitative estimate of drug-likeness (QED) is 0.568. The Hall–Kier alpha value is -2.21. The normalized spacial score (nSPS) is 11.0. The smallest absolute Gasteiger partial charge is 0.117 e. The highest BCUT2D eigenvalue weighted by Gasteiger charge is 2.13. The lowest BCUT2D eigenvalue weighted by atomic mass is 10.1. The molecule has 136 valence electrons. The maximum absolute atomic E-state index is 5.97. The Labute approximate surface area is 159 Å². The van der Waals surface area contributed by atoms with Crippen molar-refractivity contribution in [3.63, 3.8) is 0 Å². The molecule has 0 aliphatic rings. The molecule has 3 aromatic rings. The number of hydrogen-bond donors (Lipinski definition) is 2. The fraction of sp³-hybridized carbons (Fsp3) is 0.300. The molecule has 0 amide bonds. The highest BCUT2D eigenvalue weighted by molar-refractivity contribution is 6.30. The molecule has 1 heterocycles. The van der Waals surface area contributed by atoms with E-state index in [1.807, 2.05) is 49.5 Å². The van der Waals surface area contributed by atoms with Gasteiger partial charge in [0.15, 0.2) is 0 Å². The molecule has 1 aromatic heterocycles. The molecule has 26 heavy (non-hydrogen) atoms. The Morgan fingerprint density at radius 2 is 1.73 bits per heavy atom. The second-order valence-corrected chi connectivity index (χ2v) is 6.59. The van der Waals surface area contributed by atoms with Crippen LogP contribution in [0.25, 0.3) is 11.3 Å². The largest absolute Gasteiger partial charge is 0.320 e. The summed E-state index contributed by atoms with van der Waals surface area (Å²) in [5.74, 6) is 0. The van der Waals surface area contributed by atoms with Gasteiger partial charge in [-0.2, -0.15) is 15.0 Å². The minimum absolute atomic E-state index is 0.622. The van der Waals surface area contributed by atoms with Crippen LogP contribution in [0, 0.1) is 0 Å². The molecule has 5 nitrogen and oxygen atoms in total. The Kier molecular flexibility index (Phi) is 6.77. The van der Waals surface area contributed by atoms with Crippen molar-refractivity contribution < 1.29 is 0 Å². The fourth-order valence-electron chi connectivity index (χ4n) is 2.74. The molecule has 0 saturated heterocycles. The van der Waals surface area contributed by atoms with Crippen LogP contribution >= 0.6 is 11.6 Å².